The van der Waals surface area contributed by atoms with Gasteiger partial charge in [0.05, 0.1) is 0 Å². The fourth-order valence-corrected chi connectivity index (χ4v) is 7.44. The molecule has 2 aliphatic heterocycles. The number of Topliss-reactive ketones (excluding diaryl/α,β-unsaturated/α-hetero) is 1. The minimum atomic E-state index is -1.33. The van der Waals surface area contributed by atoms with Crippen LogP contribution < -0.4 is 15.6 Å². The van der Waals surface area contributed by atoms with Gasteiger partial charge < -0.3 is 36.3 Å². The topological polar surface area (TPSA) is 246 Å². The van der Waals surface area contributed by atoms with Gasteiger partial charge in [0, 0.05) is 39.5 Å². The number of phenols is 2. The van der Waals surface area contributed by atoms with Crippen LogP contribution in [0.15, 0.2) is 69.4 Å². The van der Waals surface area contributed by atoms with Crippen LogP contribution in [0.2, 0.25) is 0 Å². The number of carboxylic acid groups (broad SMARTS) is 2. The molecule has 3 aromatic rings. The van der Waals surface area contributed by atoms with Gasteiger partial charge in [0.15, 0.2) is 34.7 Å². The number of carbonyl (C=O) groups is 5. The molecule has 1 saturated heterocycles. The van der Waals surface area contributed by atoms with Crippen LogP contribution in [-0.2, 0) is 30.6 Å². The SMILES string of the molecule is Nc1nc(/C(=N/OCC(=O)O)C(=O)N[C@@H]2C(=O)N3C(C(=O)O)=C(CSc4cc[n+](CC(=O)c5ccc(O)c(O)c5)cc4)CS[C@H]23)cs1. The number of pyridine rings is 1. The zero-order valence-electron chi connectivity index (χ0n) is 23.9. The van der Waals surface area contributed by atoms with Crippen LogP contribution in [0.4, 0.5) is 5.13 Å². The van der Waals surface area contributed by atoms with Gasteiger partial charge in [0.25, 0.3) is 11.8 Å². The maximum absolute atomic E-state index is 13.2. The molecule has 0 aliphatic carbocycles. The normalized spacial score (nSPS) is 17.5. The number of aromatic hydroxyl groups is 2. The summed E-state index contributed by atoms with van der Waals surface area (Å²) in [5, 5.41) is 44.8. The number of nitrogen functional groups attached to an aromatic ring is 1. The molecular weight excluding hydrogens is 677 g/mol. The van der Waals surface area contributed by atoms with Gasteiger partial charge in [0.1, 0.15) is 22.8 Å². The van der Waals surface area contributed by atoms with Crippen molar-refractivity contribution in [3.63, 3.8) is 0 Å². The predicted octanol–water partition coefficient (Wildman–Crippen LogP) is 0.643. The molecule has 19 heteroatoms. The number of ketones is 1. The third-order valence-electron chi connectivity index (χ3n) is 6.76. The minimum Gasteiger partial charge on any atom is -0.504 e. The summed E-state index contributed by atoms with van der Waals surface area (Å²) in [5.41, 5.74) is 5.82. The average molecular weight is 702 g/mol. The van der Waals surface area contributed by atoms with Crippen molar-refractivity contribution in [1.82, 2.24) is 15.2 Å². The van der Waals surface area contributed by atoms with Crippen LogP contribution in [0.25, 0.3) is 0 Å². The number of thioether (sulfide) groups is 2. The molecule has 0 spiro atoms. The summed E-state index contributed by atoms with van der Waals surface area (Å²) in [5.74, 6) is -4.64. The van der Waals surface area contributed by atoms with E-state index < -0.39 is 53.2 Å². The zero-order valence-corrected chi connectivity index (χ0v) is 26.4. The molecule has 2 atom stereocenters. The van der Waals surface area contributed by atoms with E-state index in [2.05, 4.69) is 15.5 Å². The molecule has 0 saturated carbocycles. The number of rotatable bonds is 13. The van der Waals surface area contributed by atoms with E-state index in [9.17, 15) is 39.3 Å². The Balaban J connectivity index is 1.22. The molecule has 1 aromatic carbocycles. The Morgan fingerprint density at radius 2 is 1.89 bits per heavy atom. The van der Waals surface area contributed by atoms with Gasteiger partial charge in [-0.1, -0.05) is 5.16 Å². The third kappa shape index (κ3) is 7.47. The van der Waals surface area contributed by atoms with Crippen molar-refractivity contribution in [1.29, 1.82) is 0 Å². The van der Waals surface area contributed by atoms with Crippen molar-refractivity contribution in [2.24, 2.45) is 5.16 Å². The number of aromatic nitrogens is 2. The molecule has 16 nitrogen and oxygen atoms in total. The summed E-state index contributed by atoms with van der Waals surface area (Å²) in [7, 11) is 0. The Labute approximate surface area is 277 Å². The van der Waals surface area contributed by atoms with Gasteiger partial charge in [-0.3, -0.25) is 19.3 Å². The number of carbonyl (C=O) groups excluding carboxylic acids is 3. The highest BCUT2D eigenvalue weighted by Gasteiger charge is 2.54. The molecule has 2 aromatic heterocycles. The lowest BCUT2D eigenvalue weighted by molar-refractivity contribution is -0.683. The van der Waals surface area contributed by atoms with Gasteiger partial charge in [-0.15, -0.1) is 34.9 Å². The first-order valence-electron chi connectivity index (χ1n) is 13.4. The summed E-state index contributed by atoms with van der Waals surface area (Å²) in [6, 6.07) is 6.24. The number of hydrogen-bond acceptors (Lipinski definition) is 14. The molecule has 0 radical (unpaired) electrons. The number of amides is 2. The molecule has 4 heterocycles. The molecule has 2 aliphatic rings. The number of nitrogens with two attached hydrogens (primary N) is 1. The lowest BCUT2D eigenvalue weighted by atomic mass is 10.0. The molecule has 47 heavy (non-hydrogen) atoms. The third-order valence-corrected chi connectivity index (χ3v) is 9.87. The second-order valence-corrected chi connectivity index (χ2v) is 13.0. The van der Waals surface area contributed by atoms with Gasteiger partial charge in [-0.2, -0.15) is 4.57 Å². The van der Waals surface area contributed by atoms with Crippen LogP contribution in [-0.4, -0.2) is 95.1 Å². The van der Waals surface area contributed by atoms with Crippen molar-refractivity contribution in [2.75, 3.05) is 23.8 Å². The van der Waals surface area contributed by atoms with E-state index in [1.807, 2.05) is 0 Å². The molecule has 0 unspecified atom stereocenters. The van der Waals surface area contributed by atoms with E-state index in [0.29, 0.717) is 5.57 Å². The Morgan fingerprint density at radius 1 is 1.15 bits per heavy atom. The first-order valence-corrected chi connectivity index (χ1v) is 16.4. The maximum Gasteiger partial charge on any atom is 0.352 e. The largest absolute Gasteiger partial charge is 0.504 e. The van der Waals surface area contributed by atoms with Crippen molar-refractivity contribution in [3.8, 4) is 11.5 Å². The Kier molecular flexibility index (Phi) is 9.97. The molecule has 244 valence electrons. The zero-order chi connectivity index (χ0) is 33.8. The monoisotopic (exact) mass is 701 g/mol. The lowest BCUT2D eigenvalue weighted by Gasteiger charge is -2.49. The highest BCUT2D eigenvalue weighted by Crippen LogP contribution is 2.41. The number of hydrogen-bond donors (Lipinski definition) is 6. The Bertz CT molecular complexity index is 1830. The molecular formula is C28H25N6O10S3+. The predicted molar refractivity (Wildman–Crippen MR) is 168 cm³/mol. The fourth-order valence-electron chi connectivity index (χ4n) is 4.53. The van der Waals surface area contributed by atoms with E-state index in [1.165, 1.54) is 47.1 Å². The smallest absolute Gasteiger partial charge is 0.352 e. The van der Waals surface area contributed by atoms with Crippen LogP contribution in [0, 0.1) is 0 Å². The second kappa shape index (κ2) is 14.1. The van der Waals surface area contributed by atoms with Gasteiger partial charge in [-0.05, 0) is 23.8 Å². The summed E-state index contributed by atoms with van der Waals surface area (Å²) in [6.07, 6.45) is 3.35. The molecule has 1 fully saturated rings. The minimum absolute atomic E-state index is 0.0106. The van der Waals surface area contributed by atoms with E-state index in [0.717, 1.165) is 21.1 Å². The van der Waals surface area contributed by atoms with Crippen molar-refractivity contribution in [2.45, 2.75) is 22.9 Å². The van der Waals surface area contributed by atoms with E-state index in [1.54, 1.807) is 29.1 Å². The summed E-state index contributed by atoms with van der Waals surface area (Å²) in [6.45, 7) is -0.842. The van der Waals surface area contributed by atoms with E-state index >= 15 is 0 Å². The Morgan fingerprint density at radius 3 is 2.53 bits per heavy atom. The van der Waals surface area contributed by atoms with Crippen LogP contribution >= 0.6 is 34.9 Å². The molecule has 0 bridgehead atoms. The van der Waals surface area contributed by atoms with E-state index in [4.69, 9.17) is 15.7 Å². The quantitative estimate of drug-likeness (QED) is 0.0273. The average Bonchev–Trinajstić information content (AvgIpc) is 3.47. The highest BCUT2D eigenvalue weighted by atomic mass is 32.2. The maximum atomic E-state index is 13.2. The van der Waals surface area contributed by atoms with Crippen molar-refractivity contribution in [3.05, 3.63) is 70.6 Å². The number of nitrogens with one attached hydrogen (secondary N) is 1. The number of benzene rings is 1. The van der Waals surface area contributed by atoms with Crippen LogP contribution in [0.1, 0.15) is 16.1 Å². The van der Waals surface area contributed by atoms with Crippen LogP contribution in [0.3, 0.4) is 0 Å². The first-order chi connectivity index (χ1) is 22.4. The van der Waals surface area contributed by atoms with Gasteiger partial charge in [-0.25, -0.2) is 14.6 Å². The summed E-state index contributed by atoms with van der Waals surface area (Å²) >= 11 is 3.62. The number of β-lactam (4-membered cyclic amide) rings is 1. The molecule has 2 amide bonds. The van der Waals surface area contributed by atoms with E-state index in [-0.39, 0.29) is 51.7 Å². The number of nitrogens with zero attached hydrogens (tertiary/aromatic N) is 4. The number of carboxylic acids is 2. The number of oxime groups is 1. The number of anilines is 1. The lowest BCUT2D eigenvalue weighted by Crippen LogP contribution is -2.71. The highest BCUT2D eigenvalue weighted by molar-refractivity contribution is 8.01. The second-order valence-electron chi connectivity index (χ2n) is 9.92. The van der Waals surface area contributed by atoms with Crippen molar-refractivity contribution >= 4 is 75.2 Å². The molecule has 5 rings (SSSR count). The number of phenolic OH excluding ortho intramolecular Hbond substituents is 2. The number of thiazole rings is 1. The number of aliphatic carboxylic acids is 2. The standard InChI is InChI=1S/C28H24N6O10S3/c29-28-30-16(12-47-28)21(32-44-9-20(38)39)24(40)31-22-25(41)34-23(27(42)43)14(11-46-26(22)34)10-45-15-3-5-33(6-4-15)8-19(37)13-1-2-17(35)18(36)7-13/h1-7,12,22,26H,8-11H2,(H6-,29,30,31,32,35,36,37,38,39,40,42,43)/p+1/t22-,26-/m1/s1. The van der Waals surface area contributed by atoms with Gasteiger partial charge >= 0.3 is 11.9 Å². The fraction of sp³-hybridized carbons (Fsp3) is 0.214. The number of fused-ring (bicyclic) bond motifs is 1. The Hall–Kier alpha value is -5.14. The summed E-state index contributed by atoms with van der Waals surface area (Å²) in [4.78, 5) is 72.5. The van der Waals surface area contributed by atoms with Crippen molar-refractivity contribution < 1.29 is 53.8 Å². The molecule has 7 N–H and O–H groups in total. The first kappa shape index (κ1) is 33.2. The van der Waals surface area contributed by atoms with Gasteiger partial charge in [0.2, 0.25) is 18.9 Å². The summed E-state index contributed by atoms with van der Waals surface area (Å²) < 4.78 is 1.63. The van der Waals surface area contributed by atoms with Crippen LogP contribution in [0.5, 0.6) is 11.5 Å².